The summed E-state index contributed by atoms with van der Waals surface area (Å²) >= 11 is 10.4. The van der Waals surface area contributed by atoms with Gasteiger partial charge in [0, 0.05) is 7.11 Å². The molecule has 2 heterocycles. The summed E-state index contributed by atoms with van der Waals surface area (Å²) in [6.45, 7) is 2.33. The minimum Gasteiger partial charge on any atom is -0.488 e. The topological polar surface area (TPSA) is 27.7 Å². The van der Waals surface area contributed by atoms with Crippen molar-refractivity contribution in [2.24, 2.45) is 0 Å². The molecular formula is C11H12Br2O3S2. The first-order valence-corrected chi connectivity index (χ1v) is 8.51. The van der Waals surface area contributed by atoms with Gasteiger partial charge in [0.2, 0.25) is 0 Å². The standard InChI is InChI=1S/C11H12Br2O3S2/c1-14-2-3-15-4-5-16-9-10-7(17-11(9)13)6-8(12)18-10/h6H,2-5H2,1H3. The average Bonchev–Trinajstić information content (AvgIpc) is 2.80. The van der Waals surface area contributed by atoms with Crippen LogP contribution >= 0.6 is 54.5 Å². The lowest BCUT2D eigenvalue weighted by Crippen LogP contribution is -2.09. The molecule has 0 aromatic carbocycles. The van der Waals surface area contributed by atoms with E-state index >= 15 is 0 Å². The third-order valence-corrected chi connectivity index (χ3v) is 5.68. The second-order valence-corrected chi connectivity index (χ2v) is 8.20. The Morgan fingerprint density at radius 2 is 1.89 bits per heavy atom. The summed E-state index contributed by atoms with van der Waals surface area (Å²) in [5.74, 6) is 0.918. The summed E-state index contributed by atoms with van der Waals surface area (Å²) in [6.07, 6.45) is 0. The van der Waals surface area contributed by atoms with Crippen molar-refractivity contribution in [3.8, 4) is 5.75 Å². The normalized spacial score (nSPS) is 11.3. The van der Waals surface area contributed by atoms with Gasteiger partial charge in [-0.2, -0.15) is 0 Å². The van der Waals surface area contributed by atoms with Gasteiger partial charge >= 0.3 is 0 Å². The maximum absolute atomic E-state index is 5.77. The SMILES string of the molecule is COCCOCCOc1c(Br)sc2cc(Br)sc12. The van der Waals surface area contributed by atoms with E-state index in [-0.39, 0.29) is 0 Å². The molecule has 2 rings (SSSR count). The molecule has 0 aliphatic heterocycles. The molecule has 18 heavy (non-hydrogen) atoms. The van der Waals surface area contributed by atoms with Crippen LogP contribution < -0.4 is 4.74 Å². The van der Waals surface area contributed by atoms with Gasteiger partial charge in [0.1, 0.15) is 10.4 Å². The van der Waals surface area contributed by atoms with Crippen LogP contribution in [-0.4, -0.2) is 33.5 Å². The summed E-state index contributed by atoms with van der Waals surface area (Å²) in [6, 6.07) is 2.11. The van der Waals surface area contributed by atoms with Crippen LogP contribution in [0.1, 0.15) is 0 Å². The highest BCUT2D eigenvalue weighted by Crippen LogP contribution is 2.47. The van der Waals surface area contributed by atoms with Crippen LogP contribution in [0.2, 0.25) is 0 Å². The molecule has 0 aliphatic carbocycles. The molecule has 0 fully saturated rings. The summed E-state index contributed by atoms with van der Waals surface area (Å²) in [5, 5.41) is 0. The van der Waals surface area contributed by atoms with E-state index in [0.717, 1.165) is 13.3 Å². The molecule has 0 N–H and O–H groups in total. The lowest BCUT2D eigenvalue weighted by atomic mass is 10.5. The van der Waals surface area contributed by atoms with Gasteiger partial charge in [-0.1, -0.05) is 0 Å². The second kappa shape index (κ2) is 7.21. The van der Waals surface area contributed by atoms with Crippen molar-refractivity contribution in [3.05, 3.63) is 13.6 Å². The highest BCUT2D eigenvalue weighted by atomic mass is 79.9. The van der Waals surface area contributed by atoms with Crippen molar-refractivity contribution in [2.75, 3.05) is 33.5 Å². The molecule has 0 saturated carbocycles. The van der Waals surface area contributed by atoms with Crippen LogP contribution in [0, 0.1) is 0 Å². The van der Waals surface area contributed by atoms with E-state index in [1.165, 1.54) is 9.40 Å². The molecule has 0 amide bonds. The Bertz CT molecular complexity index is 510. The van der Waals surface area contributed by atoms with Crippen LogP contribution in [0.3, 0.4) is 0 Å². The molecule has 0 spiro atoms. The Hall–Kier alpha value is 0.340. The number of fused-ring (bicyclic) bond motifs is 1. The van der Waals surface area contributed by atoms with E-state index in [1.807, 2.05) is 0 Å². The van der Waals surface area contributed by atoms with Gasteiger partial charge in [0.15, 0.2) is 5.75 Å². The Kier molecular flexibility index (Phi) is 5.91. The number of hydrogen-bond donors (Lipinski definition) is 0. The smallest absolute Gasteiger partial charge is 0.162 e. The molecular weight excluding hydrogens is 404 g/mol. The van der Waals surface area contributed by atoms with Gasteiger partial charge in [-0.3, -0.25) is 0 Å². The van der Waals surface area contributed by atoms with E-state index in [9.17, 15) is 0 Å². The Morgan fingerprint density at radius 1 is 1.11 bits per heavy atom. The van der Waals surface area contributed by atoms with Gasteiger partial charge in [-0.15, -0.1) is 22.7 Å². The highest BCUT2D eigenvalue weighted by Gasteiger charge is 2.14. The average molecular weight is 416 g/mol. The first-order chi connectivity index (χ1) is 8.72. The fraction of sp³-hybridized carbons (Fsp3) is 0.455. The zero-order chi connectivity index (χ0) is 13.0. The molecule has 3 nitrogen and oxygen atoms in total. The monoisotopic (exact) mass is 414 g/mol. The lowest BCUT2D eigenvalue weighted by molar-refractivity contribution is 0.0546. The van der Waals surface area contributed by atoms with Crippen molar-refractivity contribution >= 4 is 63.9 Å². The van der Waals surface area contributed by atoms with Gasteiger partial charge in [-0.25, -0.2) is 0 Å². The molecule has 0 atom stereocenters. The van der Waals surface area contributed by atoms with Crippen LogP contribution in [0.5, 0.6) is 5.75 Å². The first-order valence-electron chi connectivity index (χ1n) is 5.29. The minimum atomic E-state index is 0.545. The molecule has 0 unspecified atom stereocenters. The molecule has 0 saturated heterocycles. The zero-order valence-electron chi connectivity index (χ0n) is 9.70. The fourth-order valence-corrected chi connectivity index (χ4v) is 5.20. The molecule has 0 aliphatic rings. The quantitative estimate of drug-likeness (QED) is 0.621. The van der Waals surface area contributed by atoms with E-state index in [4.69, 9.17) is 14.2 Å². The minimum absolute atomic E-state index is 0.545. The number of hydrogen-bond acceptors (Lipinski definition) is 5. The third-order valence-electron chi connectivity index (χ3n) is 2.16. The Balaban J connectivity index is 1.88. The number of thiophene rings is 2. The predicted molar refractivity (Wildman–Crippen MR) is 83.3 cm³/mol. The summed E-state index contributed by atoms with van der Waals surface area (Å²) < 4.78 is 20.6. The molecule has 0 bridgehead atoms. The van der Waals surface area contributed by atoms with Crippen molar-refractivity contribution in [1.82, 2.24) is 0 Å². The Morgan fingerprint density at radius 3 is 2.67 bits per heavy atom. The maximum atomic E-state index is 5.77. The number of methoxy groups -OCH3 is 1. The number of halogens is 2. The number of ether oxygens (including phenoxy) is 3. The predicted octanol–water partition coefficient (Wildman–Crippen LogP) is 4.53. The van der Waals surface area contributed by atoms with E-state index < -0.39 is 0 Å². The van der Waals surface area contributed by atoms with Gasteiger partial charge in [-0.05, 0) is 37.9 Å². The largest absolute Gasteiger partial charge is 0.488 e. The summed E-state index contributed by atoms with van der Waals surface area (Å²) in [5.41, 5.74) is 0. The molecule has 100 valence electrons. The van der Waals surface area contributed by atoms with Gasteiger partial charge < -0.3 is 14.2 Å². The second-order valence-electron chi connectivity index (χ2n) is 3.40. The van der Waals surface area contributed by atoms with Gasteiger partial charge in [0.05, 0.1) is 33.0 Å². The highest BCUT2D eigenvalue weighted by molar-refractivity contribution is 9.11. The van der Waals surface area contributed by atoms with Crippen LogP contribution in [0.15, 0.2) is 13.6 Å². The number of rotatable bonds is 7. The van der Waals surface area contributed by atoms with Crippen molar-refractivity contribution in [1.29, 1.82) is 0 Å². The van der Waals surface area contributed by atoms with E-state index in [2.05, 4.69) is 37.9 Å². The van der Waals surface area contributed by atoms with Crippen LogP contribution in [-0.2, 0) is 9.47 Å². The fourth-order valence-electron chi connectivity index (χ4n) is 1.38. The molecule has 0 radical (unpaired) electrons. The summed E-state index contributed by atoms with van der Waals surface area (Å²) in [7, 11) is 1.66. The van der Waals surface area contributed by atoms with Crippen molar-refractivity contribution in [3.63, 3.8) is 0 Å². The first kappa shape index (κ1) is 14.7. The van der Waals surface area contributed by atoms with Crippen LogP contribution in [0.4, 0.5) is 0 Å². The Labute approximate surface area is 130 Å². The molecule has 2 aromatic rings. The maximum Gasteiger partial charge on any atom is 0.162 e. The van der Waals surface area contributed by atoms with E-state index in [1.54, 1.807) is 29.8 Å². The summed E-state index contributed by atoms with van der Waals surface area (Å²) in [4.78, 5) is 0. The molecule has 2 aromatic heterocycles. The molecule has 7 heteroatoms. The van der Waals surface area contributed by atoms with E-state index in [0.29, 0.717) is 26.4 Å². The third kappa shape index (κ3) is 3.68. The van der Waals surface area contributed by atoms with Crippen molar-refractivity contribution < 1.29 is 14.2 Å². The van der Waals surface area contributed by atoms with Gasteiger partial charge in [0.25, 0.3) is 0 Å². The van der Waals surface area contributed by atoms with Crippen molar-refractivity contribution in [2.45, 2.75) is 0 Å². The lowest BCUT2D eigenvalue weighted by Gasteiger charge is -2.06. The van der Waals surface area contributed by atoms with Crippen LogP contribution in [0.25, 0.3) is 9.40 Å². The zero-order valence-corrected chi connectivity index (χ0v) is 14.5.